The van der Waals surface area contributed by atoms with E-state index in [4.69, 9.17) is 34.7 Å². The Morgan fingerprint density at radius 3 is 1.55 bits per heavy atom. The highest BCUT2D eigenvalue weighted by atomic mass is 35.5. The van der Waals surface area contributed by atoms with Crippen LogP contribution in [0.15, 0.2) is 0 Å². The van der Waals surface area contributed by atoms with Gasteiger partial charge < -0.3 is 5.73 Å². The molecule has 0 radical (unpaired) electrons. The Morgan fingerprint density at radius 2 is 1.55 bits per heavy atom. The van der Waals surface area contributed by atoms with Gasteiger partial charge in [0.15, 0.2) is 4.46 Å². The second-order valence-corrected chi connectivity index (χ2v) is 4.20. The quantitative estimate of drug-likeness (QED) is 0.536. The van der Waals surface area contributed by atoms with Crippen LogP contribution in [-0.2, 0) is 0 Å². The molecule has 2 nitrogen and oxygen atoms in total. The molecule has 4 heteroatoms. The Hall–Kier alpha value is 0.500. The van der Waals surface area contributed by atoms with Crippen LogP contribution in [0, 0.1) is 5.41 Å². The maximum atomic E-state index is 5.82. The molecule has 0 aromatic heterocycles. The Morgan fingerprint density at radius 1 is 1.18 bits per heavy atom. The highest BCUT2D eigenvalue weighted by Crippen LogP contribution is 2.41. The summed E-state index contributed by atoms with van der Waals surface area (Å²) in [5.41, 5.74) is 10.8. The minimum Gasteiger partial charge on any atom is -0.330 e. The summed E-state index contributed by atoms with van der Waals surface area (Å²) in [5.74, 6) is 0. The second-order valence-electron chi connectivity index (χ2n) is 2.81. The van der Waals surface area contributed by atoms with Gasteiger partial charge in [-0.25, -0.2) is 0 Å². The summed E-state index contributed by atoms with van der Waals surface area (Å²) in [4.78, 5) is 0. The minimum absolute atomic E-state index is 0.351. The fraction of sp³-hybridized carbons (Fsp3) is 1.00. The standard InChI is InChI=1S/C7H16Cl2N2/c1-3-6(4-2,5-10)7(8,9)11/h3-5,10-11H2,1-2H3. The van der Waals surface area contributed by atoms with E-state index in [-0.39, 0.29) is 5.41 Å². The molecule has 0 aromatic carbocycles. The van der Waals surface area contributed by atoms with Gasteiger partial charge in [0.1, 0.15) is 0 Å². The van der Waals surface area contributed by atoms with E-state index in [1.807, 2.05) is 13.8 Å². The fourth-order valence-corrected chi connectivity index (χ4v) is 1.83. The highest BCUT2D eigenvalue weighted by molar-refractivity contribution is 6.48. The third kappa shape index (κ3) is 2.22. The lowest BCUT2D eigenvalue weighted by atomic mass is 9.82. The van der Waals surface area contributed by atoms with Crippen LogP contribution in [0.1, 0.15) is 26.7 Å². The minimum atomic E-state index is -1.22. The van der Waals surface area contributed by atoms with Gasteiger partial charge in [-0.05, 0) is 12.8 Å². The fourth-order valence-electron chi connectivity index (χ4n) is 1.15. The van der Waals surface area contributed by atoms with Crippen molar-refractivity contribution in [2.75, 3.05) is 6.54 Å². The first kappa shape index (κ1) is 11.5. The van der Waals surface area contributed by atoms with Crippen molar-refractivity contribution >= 4 is 23.2 Å². The van der Waals surface area contributed by atoms with Crippen molar-refractivity contribution in [3.05, 3.63) is 0 Å². The van der Waals surface area contributed by atoms with E-state index in [2.05, 4.69) is 0 Å². The van der Waals surface area contributed by atoms with Gasteiger partial charge in [-0.2, -0.15) is 0 Å². The van der Waals surface area contributed by atoms with E-state index < -0.39 is 4.46 Å². The van der Waals surface area contributed by atoms with Gasteiger partial charge in [0.25, 0.3) is 0 Å². The summed E-state index contributed by atoms with van der Waals surface area (Å²) in [7, 11) is 0. The van der Waals surface area contributed by atoms with E-state index in [9.17, 15) is 0 Å². The average Bonchev–Trinajstić information content (AvgIpc) is 1.90. The predicted octanol–water partition coefficient (Wildman–Crippen LogP) is 1.84. The van der Waals surface area contributed by atoms with E-state index in [0.29, 0.717) is 6.54 Å². The van der Waals surface area contributed by atoms with Gasteiger partial charge in [-0.1, -0.05) is 37.0 Å². The molecule has 0 unspecified atom stereocenters. The highest BCUT2D eigenvalue weighted by Gasteiger charge is 2.42. The molecule has 0 atom stereocenters. The lowest BCUT2D eigenvalue weighted by Gasteiger charge is -2.38. The van der Waals surface area contributed by atoms with Crippen molar-refractivity contribution < 1.29 is 0 Å². The number of alkyl halides is 2. The Labute approximate surface area is 78.2 Å². The maximum absolute atomic E-state index is 5.82. The third-order valence-electron chi connectivity index (χ3n) is 2.45. The van der Waals surface area contributed by atoms with Gasteiger partial charge in [-0.15, -0.1) is 0 Å². The molecule has 0 saturated heterocycles. The summed E-state index contributed by atoms with van der Waals surface area (Å²) in [6.07, 6.45) is 1.59. The Kier molecular flexibility index (Phi) is 4.12. The summed E-state index contributed by atoms with van der Waals surface area (Å²) >= 11 is 11.6. The van der Waals surface area contributed by atoms with E-state index in [1.165, 1.54) is 0 Å². The molecule has 0 spiro atoms. The van der Waals surface area contributed by atoms with Crippen molar-refractivity contribution in [1.29, 1.82) is 0 Å². The zero-order valence-electron chi connectivity index (χ0n) is 7.03. The first-order valence-corrected chi connectivity index (χ1v) is 4.56. The first-order valence-electron chi connectivity index (χ1n) is 3.80. The van der Waals surface area contributed by atoms with Crippen LogP contribution >= 0.6 is 23.2 Å². The van der Waals surface area contributed by atoms with Crippen LogP contribution in [-0.4, -0.2) is 11.0 Å². The topological polar surface area (TPSA) is 52.0 Å². The zero-order valence-corrected chi connectivity index (χ0v) is 8.54. The van der Waals surface area contributed by atoms with E-state index in [0.717, 1.165) is 12.8 Å². The molecule has 0 fully saturated rings. The molecular formula is C7H16Cl2N2. The van der Waals surface area contributed by atoms with Crippen LogP contribution in [0.3, 0.4) is 0 Å². The van der Waals surface area contributed by atoms with Crippen molar-refractivity contribution in [3.63, 3.8) is 0 Å². The monoisotopic (exact) mass is 198 g/mol. The second kappa shape index (κ2) is 3.94. The number of hydrogen-bond donors (Lipinski definition) is 2. The molecule has 68 valence electrons. The van der Waals surface area contributed by atoms with Gasteiger partial charge in [0.05, 0.1) is 0 Å². The van der Waals surface area contributed by atoms with Gasteiger partial charge in [-0.3, -0.25) is 5.73 Å². The number of rotatable bonds is 4. The zero-order chi connectivity index (χ0) is 9.12. The normalized spacial score (nSPS) is 13.6. The van der Waals surface area contributed by atoms with E-state index >= 15 is 0 Å². The molecule has 0 heterocycles. The van der Waals surface area contributed by atoms with Crippen molar-refractivity contribution in [1.82, 2.24) is 0 Å². The molecule has 0 aliphatic rings. The molecule has 0 aromatic rings. The Bertz CT molecular complexity index is 108. The van der Waals surface area contributed by atoms with Crippen LogP contribution < -0.4 is 11.5 Å². The summed E-state index contributed by atoms with van der Waals surface area (Å²) in [5, 5.41) is 0. The largest absolute Gasteiger partial charge is 0.330 e. The maximum Gasteiger partial charge on any atom is 0.173 e. The van der Waals surface area contributed by atoms with Crippen molar-refractivity contribution in [2.45, 2.75) is 31.1 Å². The molecule has 0 amide bonds. The van der Waals surface area contributed by atoms with Gasteiger partial charge in [0, 0.05) is 12.0 Å². The molecule has 0 saturated carbocycles. The number of nitrogens with two attached hydrogens (primary N) is 2. The molecule has 4 N–H and O–H groups in total. The number of hydrogen-bond acceptors (Lipinski definition) is 2. The number of halogens is 2. The molecule has 11 heavy (non-hydrogen) atoms. The third-order valence-corrected chi connectivity index (χ3v) is 3.25. The van der Waals surface area contributed by atoms with Crippen molar-refractivity contribution in [3.8, 4) is 0 Å². The summed E-state index contributed by atoms with van der Waals surface area (Å²) < 4.78 is -1.22. The first-order chi connectivity index (χ1) is 4.93. The molecule has 0 aliphatic carbocycles. The predicted molar refractivity (Wildman–Crippen MR) is 50.7 cm³/mol. The van der Waals surface area contributed by atoms with Crippen LogP contribution in [0.4, 0.5) is 0 Å². The lowest BCUT2D eigenvalue weighted by molar-refractivity contribution is 0.237. The SMILES string of the molecule is CCC(CC)(CN)C(N)(Cl)Cl. The van der Waals surface area contributed by atoms with E-state index in [1.54, 1.807) is 0 Å². The van der Waals surface area contributed by atoms with Crippen LogP contribution in [0.2, 0.25) is 0 Å². The van der Waals surface area contributed by atoms with Crippen molar-refractivity contribution in [2.24, 2.45) is 16.9 Å². The van der Waals surface area contributed by atoms with Crippen LogP contribution in [0.25, 0.3) is 0 Å². The molecule has 0 rings (SSSR count). The molecule has 0 aliphatic heterocycles. The molecular weight excluding hydrogens is 183 g/mol. The van der Waals surface area contributed by atoms with Gasteiger partial charge >= 0.3 is 0 Å². The van der Waals surface area contributed by atoms with Gasteiger partial charge in [0.2, 0.25) is 0 Å². The average molecular weight is 199 g/mol. The van der Waals surface area contributed by atoms with Crippen LogP contribution in [0.5, 0.6) is 0 Å². The Balaban J connectivity index is 4.54. The smallest absolute Gasteiger partial charge is 0.173 e. The lowest BCUT2D eigenvalue weighted by Crippen LogP contribution is -2.50. The summed E-state index contributed by atoms with van der Waals surface area (Å²) in [6, 6.07) is 0. The summed E-state index contributed by atoms with van der Waals surface area (Å²) in [6.45, 7) is 4.40. The molecule has 0 bridgehead atoms.